The van der Waals surface area contributed by atoms with Gasteiger partial charge in [-0.2, -0.15) is 0 Å². The molecule has 1 fully saturated rings. The van der Waals surface area contributed by atoms with Crippen LogP contribution in [0.25, 0.3) is 0 Å². The lowest BCUT2D eigenvalue weighted by Crippen LogP contribution is -2.31. The smallest absolute Gasteiger partial charge is 0.271 e. The van der Waals surface area contributed by atoms with Crippen LogP contribution in [-0.4, -0.2) is 17.0 Å². The van der Waals surface area contributed by atoms with Crippen molar-refractivity contribution in [3.05, 3.63) is 63.6 Å². The summed E-state index contributed by atoms with van der Waals surface area (Å²) in [6.07, 6.45) is 6.41. The predicted octanol–water partition coefficient (Wildman–Crippen LogP) is 4.38. The van der Waals surface area contributed by atoms with Crippen molar-refractivity contribution in [1.29, 1.82) is 0 Å². The zero-order chi connectivity index (χ0) is 19.9. The molecule has 0 aliphatic heterocycles. The number of rotatable bonds is 10. The molecule has 1 aromatic carbocycles. The summed E-state index contributed by atoms with van der Waals surface area (Å²) in [5.74, 6) is -0.0559. The Bertz CT molecular complexity index is 854. The number of carbonyl (C=O) groups is 1. The summed E-state index contributed by atoms with van der Waals surface area (Å²) in [7, 11) is 0. The van der Waals surface area contributed by atoms with Gasteiger partial charge < -0.3 is 14.6 Å². The average Bonchev–Trinajstić information content (AvgIpc) is 3.52. The van der Waals surface area contributed by atoms with Crippen molar-refractivity contribution in [1.82, 2.24) is 9.88 Å². The van der Waals surface area contributed by atoms with Crippen molar-refractivity contribution in [3.63, 3.8) is 0 Å². The monoisotopic (exact) mass is 382 g/mol. The summed E-state index contributed by atoms with van der Waals surface area (Å²) in [5, 5.41) is 3.00. The molecule has 0 spiro atoms. The number of unbranched alkanes of at least 4 members (excludes halogenated alkanes) is 3. The molecule has 0 atom stereocenters. The first-order valence-corrected chi connectivity index (χ1v) is 10.3. The van der Waals surface area contributed by atoms with E-state index in [1.807, 2.05) is 41.8 Å². The molecule has 0 radical (unpaired) electrons. The van der Waals surface area contributed by atoms with Crippen molar-refractivity contribution < 1.29 is 9.53 Å². The number of hydrogen-bond acceptors (Lipinski definition) is 3. The Labute approximate surface area is 166 Å². The molecule has 1 aliphatic rings. The molecule has 0 bridgehead atoms. The molecule has 1 aliphatic carbocycles. The number of aryl methyl sites for hydroxylation is 1. The van der Waals surface area contributed by atoms with Crippen LogP contribution in [-0.2, 0) is 6.61 Å². The molecular formula is C23H30N2O3. The SMILES string of the molecule is CCCCCCNC(=O)c1c(OCc2ccccc2)c(=O)cc(C)n1C1CC1. The maximum Gasteiger partial charge on any atom is 0.271 e. The van der Waals surface area contributed by atoms with Gasteiger partial charge in [0, 0.05) is 24.3 Å². The van der Waals surface area contributed by atoms with Gasteiger partial charge in [-0.15, -0.1) is 0 Å². The van der Waals surface area contributed by atoms with Gasteiger partial charge in [-0.3, -0.25) is 9.59 Å². The third-order valence-corrected chi connectivity index (χ3v) is 5.07. The number of aromatic nitrogens is 1. The fourth-order valence-electron chi connectivity index (χ4n) is 3.45. The molecule has 5 nitrogen and oxygen atoms in total. The van der Waals surface area contributed by atoms with Crippen LogP contribution < -0.4 is 15.5 Å². The maximum absolute atomic E-state index is 13.0. The Balaban J connectivity index is 1.84. The standard InChI is InChI=1S/C23H30N2O3/c1-3-4-5-9-14-24-23(27)21-22(28-16-18-10-7-6-8-11-18)20(26)15-17(2)25(21)19-12-13-19/h6-8,10-11,15,19H,3-5,9,12-14,16H2,1-2H3,(H,24,27). The number of hydrogen-bond donors (Lipinski definition) is 1. The van der Waals surface area contributed by atoms with Gasteiger partial charge in [0.05, 0.1) is 0 Å². The van der Waals surface area contributed by atoms with E-state index in [0.29, 0.717) is 12.2 Å². The fraction of sp³-hybridized carbons (Fsp3) is 0.478. The van der Waals surface area contributed by atoms with Crippen LogP contribution in [0.5, 0.6) is 5.75 Å². The minimum Gasteiger partial charge on any atom is -0.483 e. The van der Waals surface area contributed by atoms with Crippen LogP contribution >= 0.6 is 0 Å². The van der Waals surface area contributed by atoms with Crippen LogP contribution in [0.15, 0.2) is 41.2 Å². The Kier molecular flexibility index (Phi) is 6.90. The van der Waals surface area contributed by atoms with Crippen molar-refractivity contribution in [2.24, 2.45) is 0 Å². The second-order valence-corrected chi connectivity index (χ2v) is 7.52. The largest absolute Gasteiger partial charge is 0.483 e. The molecule has 1 saturated carbocycles. The molecule has 1 N–H and O–H groups in total. The highest BCUT2D eigenvalue weighted by molar-refractivity contribution is 5.95. The van der Waals surface area contributed by atoms with E-state index in [0.717, 1.165) is 43.4 Å². The molecule has 28 heavy (non-hydrogen) atoms. The molecule has 1 amide bonds. The van der Waals surface area contributed by atoms with E-state index in [-0.39, 0.29) is 29.7 Å². The molecule has 1 aromatic heterocycles. The number of amides is 1. The molecule has 0 saturated heterocycles. The zero-order valence-corrected chi connectivity index (χ0v) is 16.9. The molecular weight excluding hydrogens is 352 g/mol. The highest BCUT2D eigenvalue weighted by Crippen LogP contribution is 2.38. The van der Waals surface area contributed by atoms with E-state index < -0.39 is 0 Å². The van der Waals surface area contributed by atoms with Crippen LogP contribution in [0, 0.1) is 6.92 Å². The van der Waals surface area contributed by atoms with Gasteiger partial charge in [0.2, 0.25) is 5.43 Å². The zero-order valence-electron chi connectivity index (χ0n) is 16.9. The van der Waals surface area contributed by atoms with E-state index in [4.69, 9.17) is 4.74 Å². The maximum atomic E-state index is 13.0. The van der Waals surface area contributed by atoms with Gasteiger partial charge in [0.25, 0.3) is 5.91 Å². The molecule has 3 rings (SSSR count). The number of pyridine rings is 1. The fourth-order valence-corrected chi connectivity index (χ4v) is 3.45. The summed E-state index contributed by atoms with van der Waals surface area (Å²) in [6.45, 7) is 4.93. The number of benzene rings is 1. The highest BCUT2D eigenvalue weighted by Gasteiger charge is 2.31. The van der Waals surface area contributed by atoms with Gasteiger partial charge in [-0.1, -0.05) is 56.5 Å². The lowest BCUT2D eigenvalue weighted by Gasteiger charge is -2.19. The van der Waals surface area contributed by atoms with Gasteiger partial charge in [0.1, 0.15) is 6.61 Å². The lowest BCUT2D eigenvalue weighted by atomic mass is 10.2. The van der Waals surface area contributed by atoms with Crippen molar-refractivity contribution in [2.45, 2.75) is 65.0 Å². The Morgan fingerprint density at radius 1 is 1.18 bits per heavy atom. The second kappa shape index (κ2) is 9.58. The Morgan fingerprint density at radius 2 is 1.93 bits per heavy atom. The van der Waals surface area contributed by atoms with E-state index in [2.05, 4.69) is 12.2 Å². The minimum atomic E-state index is -0.235. The van der Waals surface area contributed by atoms with Crippen LogP contribution in [0.4, 0.5) is 0 Å². The van der Waals surface area contributed by atoms with Crippen molar-refractivity contribution >= 4 is 5.91 Å². The van der Waals surface area contributed by atoms with Crippen molar-refractivity contribution in [2.75, 3.05) is 6.54 Å². The van der Waals surface area contributed by atoms with Gasteiger partial charge in [-0.25, -0.2) is 0 Å². The first kappa shape index (κ1) is 20.2. The van der Waals surface area contributed by atoms with E-state index in [1.54, 1.807) is 6.07 Å². The summed E-state index contributed by atoms with van der Waals surface area (Å²) >= 11 is 0. The molecule has 5 heteroatoms. The number of carbonyl (C=O) groups excluding carboxylic acids is 1. The van der Waals surface area contributed by atoms with Crippen LogP contribution in [0.3, 0.4) is 0 Å². The highest BCUT2D eigenvalue weighted by atomic mass is 16.5. The van der Waals surface area contributed by atoms with Crippen LogP contribution in [0.2, 0.25) is 0 Å². The summed E-state index contributed by atoms with van der Waals surface area (Å²) in [5.41, 5.74) is 1.92. The van der Waals surface area contributed by atoms with Crippen LogP contribution in [0.1, 0.15) is 73.2 Å². The lowest BCUT2D eigenvalue weighted by molar-refractivity contribution is 0.0936. The molecule has 2 aromatic rings. The summed E-state index contributed by atoms with van der Waals surface area (Å²) in [6, 6.07) is 11.5. The topological polar surface area (TPSA) is 60.3 Å². The van der Waals surface area contributed by atoms with Gasteiger partial charge >= 0.3 is 0 Å². The van der Waals surface area contributed by atoms with E-state index in [1.165, 1.54) is 6.42 Å². The third-order valence-electron chi connectivity index (χ3n) is 5.07. The number of nitrogens with zero attached hydrogens (tertiary/aromatic N) is 1. The molecule has 0 unspecified atom stereocenters. The second-order valence-electron chi connectivity index (χ2n) is 7.52. The quantitative estimate of drug-likeness (QED) is 0.620. The normalized spacial score (nSPS) is 13.4. The first-order valence-electron chi connectivity index (χ1n) is 10.3. The van der Waals surface area contributed by atoms with Gasteiger partial charge in [0.15, 0.2) is 11.4 Å². The predicted molar refractivity (Wildman–Crippen MR) is 111 cm³/mol. The number of ether oxygens (including phenoxy) is 1. The summed E-state index contributed by atoms with van der Waals surface area (Å²) in [4.78, 5) is 25.7. The number of nitrogens with one attached hydrogen (secondary N) is 1. The van der Waals surface area contributed by atoms with E-state index >= 15 is 0 Å². The first-order chi connectivity index (χ1) is 13.6. The molecule has 150 valence electrons. The third kappa shape index (κ3) is 5.03. The average molecular weight is 383 g/mol. The minimum absolute atomic E-state index is 0.160. The summed E-state index contributed by atoms with van der Waals surface area (Å²) < 4.78 is 7.89. The molecule has 1 heterocycles. The Hall–Kier alpha value is -2.56. The van der Waals surface area contributed by atoms with Crippen molar-refractivity contribution in [3.8, 4) is 5.75 Å². The Morgan fingerprint density at radius 3 is 2.61 bits per heavy atom. The van der Waals surface area contributed by atoms with Gasteiger partial charge in [-0.05, 0) is 31.7 Å². The van der Waals surface area contributed by atoms with E-state index in [9.17, 15) is 9.59 Å².